The first-order chi connectivity index (χ1) is 17.7. The highest BCUT2D eigenvalue weighted by atomic mass is 19.4. The predicted molar refractivity (Wildman–Crippen MR) is 121 cm³/mol. The summed E-state index contributed by atoms with van der Waals surface area (Å²) in [5.41, 5.74) is 2.00. The normalized spacial score (nSPS) is 15.1. The van der Waals surface area contributed by atoms with Gasteiger partial charge in [0.2, 0.25) is 0 Å². The third kappa shape index (κ3) is 6.00. The van der Waals surface area contributed by atoms with Crippen LogP contribution in [0, 0.1) is 10.1 Å². The topological polar surface area (TPSA) is 115 Å². The lowest BCUT2D eigenvalue weighted by atomic mass is 10.1. The van der Waals surface area contributed by atoms with Gasteiger partial charge in [0.15, 0.2) is 5.89 Å². The van der Waals surface area contributed by atoms with Crippen molar-refractivity contribution in [1.29, 1.82) is 0 Å². The van der Waals surface area contributed by atoms with Gasteiger partial charge < -0.3 is 28.7 Å². The van der Waals surface area contributed by atoms with Crippen molar-refractivity contribution in [2.24, 2.45) is 0 Å². The Morgan fingerprint density at radius 3 is 2.51 bits per heavy atom. The lowest BCUT2D eigenvalue weighted by Gasteiger charge is -2.22. The summed E-state index contributed by atoms with van der Waals surface area (Å²) in [4.78, 5) is 18.6. The van der Waals surface area contributed by atoms with Gasteiger partial charge in [-0.3, -0.25) is 4.57 Å². The van der Waals surface area contributed by atoms with E-state index in [-0.39, 0.29) is 30.3 Å². The van der Waals surface area contributed by atoms with Gasteiger partial charge in [-0.1, -0.05) is 12.1 Å². The molecule has 10 nitrogen and oxygen atoms in total. The van der Waals surface area contributed by atoms with Gasteiger partial charge in [-0.15, -0.1) is 13.2 Å². The van der Waals surface area contributed by atoms with Crippen molar-refractivity contribution < 1.29 is 36.7 Å². The molecule has 1 unspecified atom stereocenters. The molecule has 5 rings (SSSR count). The summed E-state index contributed by atoms with van der Waals surface area (Å²) in [5.74, 6) is 0.507. The number of nitrogens with zero attached hydrogens (tertiary/aromatic N) is 4. The van der Waals surface area contributed by atoms with Crippen molar-refractivity contribution in [3.63, 3.8) is 0 Å². The van der Waals surface area contributed by atoms with Crippen LogP contribution in [-0.2, 0) is 13.0 Å². The number of ether oxygens (including phenoxy) is 3. The Bertz CT molecular complexity index is 1380. The maximum absolute atomic E-state index is 12.3. The smallest absolute Gasteiger partial charge is 0.490 e. The summed E-state index contributed by atoms with van der Waals surface area (Å²) in [7, 11) is 0. The van der Waals surface area contributed by atoms with E-state index in [1.54, 1.807) is 16.7 Å². The summed E-state index contributed by atoms with van der Waals surface area (Å²) < 4.78 is 59.4. The summed E-state index contributed by atoms with van der Waals surface area (Å²) >= 11 is 0. The third-order valence-corrected chi connectivity index (χ3v) is 5.53. The summed E-state index contributed by atoms with van der Waals surface area (Å²) in [5, 5.41) is 10.9. The van der Waals surface area contributed by atoms with Crippen LogP contribution in [0.5, 0.6) is 17.5 Å². The molecular formula is C24H19F3N4O6. The monoisotopic (exact) mass is 516 g/mol. The Morgan fingerprint density at radius 1 is 1.08 bits per heavy atom. The van der Waals surface area contributed by atoms with Crippen molar-refractivity contribution in [3.8, 4) is 28.8 Å². The van der Waals surface area contributed by atoms with Crippen LogP contribution in [0.2, 0.25) is 0 Å². The van der Waals surface area contributed by atoms with Gasteiger partial charge in [0, 0.05) is 29.9 Å². The minimum atomic E-state index is -4.75. The first kappa shape index (κ1) is 24.2. The molecule has 2 aromatic carbocycles. The zero-order valence-electron chi connectivity index (χ0n) is 19.1. The average Bonchev–Trinajstić information content (AvgIpc) is 3.50. The van der Waals surface area contributed by atoms with Crippen LogP contribution in [0.25, 0.3) is 11.3 Å². The van der Waals surface area contributed by atoms with Crippen molar-refractivity contribution in [2.75, 3.05) is 6.61 Å². The Balaban J connectivity index is 1.13. The fourth-order valence-electron chi connectivity index (χ4n) is 3.76. The lowest BCUT2D eigenvalue weighted by molar-refractivity contribution is -0.389. The van der Waals surface area contributed by atoms with E-state index in [0.717, 1.165) is 5.56 Å². The molecule has 0 N–H and O–H groups in total. The number of imidazole rings is 1. The SMILES string of the molecule is O=[N+]([O-])c1cn2c(n1)OC(COc1ccc(Cc3nc(-c4ccc(OC(F)(F)F)cc4)co3)cc1)CC2. The molecule has 3 heterocycles. The van der Waals surface area contributed by atoms with E-state index < -0.39 is 11.3 Å². The predicted octanol–water partition coefficient (Wildman–Crippen LogP) is 5.17. The van der Waals surface area contributed by atoms with Crippen molar-refractivity contribution in [2.45, 2.75) is 31.9 Å². The quantitative estimate of drug-likeness (QED) is 0.233. The zero-order chi connectivity index (χ0) is 26.0. The fourth-order valence-corrected chi connectivity index (χ4v) is 3.76. The molecule has 2 aromatic heterocycles. The van der Waals surface area contributed by atoms with Gasteiger partial charge in [0.25, 0.3) is 0 Å². The molecule has 192 valence electrons. The molecule has 0 aliphatic carbocycles. The highest BCUT2D eigenvalue weighted by molar-refractivity contribution is 5.59. The van der Waals surface area contributed by atoms with E-state index in [1.165, 1.54) is 36.7 Å². The van der Waals surface area contributed by atoms with Crippen LogP contribution in [0.1, 0.15) is 17.9 Å². The number of alkyl halides is 3. The molecule has 13 heteroatoms. The molecule has 0 radical (unpaired) electrons. The number of hydrogen-bond donors (Lipinski definition) is 0. The second kappa shape index (κ2) is 9.84. The van der Waals surface area contributed by atoms with Gasteiger partial charge >= 0.3 is 18.2 Å². The number of benzene rings is 2. The standard InChI is InChI=1S/C24H19F3N4O6/c25-24(26,27)37-18-7-3-16(4-8-18)20-14-35-22(28-20)11-15-1-5-17(6-2-15)34-13-19-9-10-30-12-21(31(32)33)29-23(30)36-19/h1-8,12,14,19H,9-11,13H2. The second-order valence-corrected chi connectivity index (χ2v) is 8.19. The van der Waals surface area contributed by atoms with Gasteiger partial charge in [0.05, 0.1) is 0 Å². The van der Waals surface area contributed by atoms with E-state index in [4.69, 9.17) is 13.9 Å². The first-order valence-electron chi connectivity index (χ1n) is 11.1. The van der Waals surface area contributed by atoms with Crippen LogP contribution >= 0.6 is 0 Å². The van der Waals surface area contributed by atoms with Gasteiger partial charge in [-0.05, 0) is 46.9 Å². The number of aromatic nitrogens is 3. The third-order valence-electron chi connectivity index (χ3n) is 5.53. The molecule has 0 fully saturated rings. The zero-order valence-corrected chi connectivity index (χ0v) is 19.1. The number of oxazole rings is 1. The fraction of sp³-hybridized carbons (Fsp3) is 0.250. The number of nitro groups is 1. The van der Waals surface area contributed by atoms with E-state index in [9.17, 15) is 23.3 Å². The van der Waals surface area contributed by atoms with Crippen LogP contribution in [-0.4, -0.2) is 38.5 Å². The Hall–Kier alpha value is -4.55. The number of rotatable bonds is 8. The minimum Gasteiger partial charge on any atom is -0.490 e. The maximum atomic E-state index is 12.3. The molecule has 0 spiro atoms. The number of hydrogen-bond acceptors (Lipinski definition) is 8. The van der Waals surface area contributed by atoms with Crippen LogP contribution in [0.4, 0.5) is 19.0 Å². The van der Waals surface area contributed by atoms with E-state index in [1.807, 2.05) is 12.1 Å². The maximum Gasteiger partial charge on any atom is 0.573 e. The molecule has 4 aromatic rings. The van der Waals surface area contributed by atoms with E-state index >= 15 is 0 Å². The molecule has 1 aliphatic heterocycles. The Labute approximate surface area is 207 Å². The largest absolute Gasteiger partial charge is 0.573 e. The minimum absolute atomic E-state index is 0.206. The second-order valence-electron chi connectivity index (χ2n) is 8.19. The molecule has 37 heavy (non-hydrogen) atoms. The molecule has 0 bridgehead atoms. The van der Waals surface area contributed by atoms with Crippen molar-refractivity contribution >= 4 is 5.82 Å². The van der Waals surface area contributed by atoms with Crippen molar-refractivity contribution in [3.05, 3.63) is 82.6 Å². The molecule has 1 aliphatic rings. The number of halogens is 3. The Morgan fingerprint density at radius 2 is 1.81 bits per heavy atom. The lowest BCUT2D eigenvalue weighted by Crippen LogP contribution is -2.31. The number of aryl methyl sites for hydroxylation is 1. The molecule has 0 amide bonds. The molecule has 1 atom stereocenters. The first-order valence-corrected chi connectivity index (χ1v) is 11.1. The molecular weight excluding hydrogens is 497 g/mol. The Kier molecular flexibility index (Phi) is 6.42. The molecule has 0 saturated heterocycles. The highest BCUT2D eigenvalue weighted by Gasteiger charge is 2.31. The van der Waals surface area contributed by atoms with E-state index in [2.05, 4.69) is 14.7 Å². The van der Waals surface area contributed by atoms with Gasteiger partial charge in [0.1, 0.15) is 42.4 Å². The summed E-state index contributed by atoms with van der Waals surface area (Å²) in [6.45, 7) is 0.808. The summed E-state index contributed by atoms with van der Waals surface area (Å²) in [6, 6.07) is 12.9. The molecule has 0 saturated carbocycles. The average molecular weight is 516 g/mol. The van der Waals surface area contributed by atoms with Crippen LogP contribution in [0.15, 0.2) is 65.4 Å². The number of fused-ring (bicyclic) bond motifs is 1. The van der Waals surface area contributed by atoms with Gasteiger partial charge in [-0.2, -0.15) is 0 Å². The van der Waals surface area contributed by atoms with E-state index in [0.29, 0.717) is 42.3 Å². The summed E-state index contributed by atoms with van der Waals surface area (Å²) in [6.07, 6.45) is -1.20. The van der Waals surface area contributed by atoms with Crippen molar-refractivity contribution in [1.82, 2.24) is 14.5 Å². The van der Waals surface area contributed by atoms with Gasteiger partial charge in [-0.25, -0.2) is 4.98 Å². The van der Waals surface area contributed by atoms with Crippen LogP contribution < -0.4 is 14.2 Å². The van der Waals surface area contributed by atoms with Crippen LogP contribution in [0.3, 0.4) is 0 Å². The highest BCUT2D eigenvalue weighted by Crippen LogP contribution is 2.27.